The minimum Gasteiger partial charge on any atom is -0.334 e. The summed E-state index contributed by atoms with van der Waals surface area (Å²) in [6, 6.07) is 18.6. The van der Waals surface area contributed by atoms with Gasteiger partial charge in [0.05, 0.1) is 18.3 Å². The van der Waals surface area contributed by atoms with Crippen LogP contribution in [0.1, 0.15) is 57.3 Å². The fraction of sp³-hybridized carbons (Fsp3) is 0.276. The van der Waals surface area contributed by atoms with E-state index in [0.717, 1.165) is 29.7 Å². The van der Waals surface area contributed by atoms with Gasteiger partial charge in [0.25, 0.3) is 0 Å². The van der Waals surface area contributed by atoms with Gasteiger partial charge >= 0.3 is 6.03 Å². The van der Waals surface area contributed by atoms with Crippen LogP contribution in [-0.2, 0) is 25.9 Å². The Labute approximate surface area is 209 Å². The van der Waals surface area contributed by atoms with Crippen molar-refractivity contribution in [3.05, 3.63) is 111 Å². The van der Waals surface area contributed by atoms with Gasteiger partial charge in [-0.2, -0.15) is 0 Å². The van der Waals surface area contributed by atoms with Gasteiger partial charge in [-0.1, -0.05) is 42.0 Å². The van der Waals surface area contributed by atoms with E-state index in [1.165, 1.54) is 51.5 Å². The molecule has 4 nitrogen and oxygen atoms in total. The van der Waals surface area contributed by atoms with E-state index in [9.17, 15) is 9.18 Å². The topological polar surface area (TPSA) is 37.3 Å². The molecule has 0 spiro atoms. The molecule has 0 unspecified atom stereocenters. The van der Waals surface area contributed by atoms with Gasteiger partial charge in [-0.05, 0) is 73.6 Å². The van der Waals surface area contributed by atoms with Crippen molar-refractivity contribution in [1.82, 2.24) is 14.8 Å². The average molecular weight is 486 g/mol. The molecular formula is C29H28FN3OS. The van der Waals surface area contributed by atoms with Gasteiger partial charge in [0.2, 0.25) is 0 Å². The summed E-state index contributed by atoms with van der Waals surface area (Å²) >= 11 is 1.89. The van der Waals surface area contributed by atoms with Crippen molar-refractivity contribution in [1.29, 1.82) is 0 Å². The number of hydrogen-bond donors (Lipinski definition) is 1. The van der Waals surface area contributed by atoms with Crippen molar-refractivity contribution in [2.24, 2.45) is 0 Å². The van der Waals surface area contributed by atoms with Crippen LogP contribution in [0.5, 0.6) is 0 Å². The van der Waals surface area contributed by atoms with Crippen LogP contribution in [0.3, 0.4) is 0 Å². The van der Waals surface area contributed by atoms with Crippen LogP contribution < -0.4 is 5.32 Å². The summed E-state index contributed by atoms with van der Waals surface area (Å²) in [5.41, 5.74) is 6.98. The molecule has 2 amide bonds. The molecule has 2 aromatic carbocycles. The number of urea groups is 1. The second-order valence-corrected chi connectivity index (χ2v) is 10.6. The fourth-order valence-corrected chi connectivity index (χ4v) is 6.86. The van der Waals surface area contributed by atoms with Gasteiger partial charge in [0, 0.05) is 23.2 Å². The number of aryl methyl sites for hydroxylation is 2. The number of nitrogens with one attached hydrogen (secondary N) is 1. The lowest BCUT2D eigenvalue weighted by Crippen LogP contribution is -2.41. The highest BCUT2D eigenvalue weighted by atomic mass is 32.1. The third-order valence-electron chi connectivity index (χ3n) is 7.15. The van der Waals surface area contributed by atoms with Crippen LogP contribution in [0.4, 0.5) is 9.18 Å². The van der Waals surface area contributed by atoms with Crippen molar-refractivity contribution in [2.45, 2.75) is 51.7 Å². The molecule has 2 aromatic heterocycles. The summed E-state index contributed by atoms with van der Waals surface area (Å²) in [5, 5.41) is 4.37. The van der Waals surface area contributed by atoms with Gasteiger partial charge < -0.3 is 14.8 Å². The van der Waals surface area contributed by atoms with Crippen molar-refractivity contribution in [3.8, 4) is 5.00 Å². The fourth-order valence-electron chi connectivity index (χ4n) is 5.46. The average Bonchev–Trinajstić information content (AvgIpc) is 3.45. The minimum atomic E-state index is -0.275. The number of benzene rings is 2. The number of rotatable bonds is 3. The molecule has 0 saturated heterocycles. The zero-order valence-corrected chi connectivity index (χ0v) is 20.6. The first-order valence-corrected chi connectivity index (χ1v) is 13.1. The predicted molar refractivity (Wildman–Crippen MR) is 137 cm³/mol. The molecule has 2 aliphatic rings. The highest BCUT2D eigenvalue weighted by Gasteiger charge is 2.36. The Bertz CT molecular complexity index is 1390. The Morgan fingerprint density at radius 2 is 1.89 bits per heavy atom. The standard InChI is InChI=1S/C29H28FN3OS/c1-19-6-4-7-21(16-19)27-25-9-5-15-32(25)28-24(23-8-2-3-10-26(23)35-28)18-33(27)29(34)31-17-20-11-13-22(30)14-12-20/h4-7,9,11-16,27H,2-3,8,10,17-18H2,1H3,(H,31,34)/t27-/m1/s1. The maximum atomic E-state index is 13.8. The molecule has 4 aromatic rings. The molecule has 6 heteroatoms. The first-order valence-electron chi connectivity index (χ1n) is 12.2. The van der Waals surface area contributed by atoms with E-state index in [0.29, 0.717) is 13.1 Å². The van der Waals surface area contributed by atoms with E-state index in [1.807, 2.05) is 16.2 Å². The summed E-state index contributed by atoms with van der Waals surface area (Å²) in [7, 11) is 0. The molecule has 1 N–H and O–H groups in total. The number of amides is 2. The lowest BCUT2D eigenvalue weighted by atomic mass is 9.95. The normalized spacial score (nSPS) is 16.7. The van der Waals surface area contributed by atoms with Gasteiger partial charge in [0.1, 0.15) is 10.8 Å². The summed E-state index contributed by atoms with van der Waals surface area (Å²) < 4.78 is 15.7. The van der Waals surface area contributed by atoms with Crippen LogP contribution in [-0.4, -0.2) is 15.5 Å². The number of fused-ring (bicyclic) bond motifs is 5. The number of thiophene rings is 1. The quantitative estimate of drug-likeness (QED) is 0.345. The molecule has 0 bridgehead atoms. The van der Waals surface area contributed by atoms with E-state index >= 15 is 0 Å². The van der Waals surface area contributed by atoms with E-state index in [-0.39, 0.29) is 17.9 Å². The first kappa shape index (κ1) is 22.1. The minimum absolute atomic E-state index is 0.114. The summed E-state index contributed by atoms with van der Waals surface area (Å²) in [5.74, 6) is -0.275. The Morgan fingerprint density at radius 3 is 2.71 bits per heavy atom. The molecule has 178 valence electrons. The molecule has 0 saturated carbocycles. The van der Waals surface area contributed by atoms with Crippen molar-refractivity contribution >= 4 is 17.4 Å². The summed E-state index contributed by atoms with van der Waals surface area (Å²) in [6.45, 7) is 3.01. The Kier molecular flexibility index (Phi) is 5.69. The van der Waals surface area contributed by atoms with E-state index in [1.54, 1.807) is 12.1 Å². The third kappa shape index (κ3) is 4.06. The number of carbonyl (C=O) groups is 1. The van der Waals surface area contributed by atoms with Crippen LogP contribution in [0.15, 0.2) is 66.9 Å². The Balaban J connectivity index is 1.43. The smallest absolute Gasteiger partial charge is 0.318 e. The van der Waals surface area contributed by atoms with Crippen LogP contribution >= 0.6 is 11.3 Å². The summed E-state index contributed by atoms with van der Waals surface area (Å²) in [6.07, 6.45) is 6.78. The molecule has 1 atom stereocenters. The number of halogens is 1. The van der Waals surface area contributed by atoms with Gasteiger partial charge in [-0.15, -0.1) is 11.3 Å². The molecule has 0 radical (unpaired) electrons. The lowest BCUT2D eigenvalue weighted by molar-refractivity contribution is 0.180. The molecule has 1 aliphatic heterocycles. The van der Waals surface area contributed by atoms with Crippen LogP contribution in [0.25, 0.3) is 5.00 Å². The van der Waals surface area contributed by atoms with E-state index in [4.69, 9.17) is 0 Å². The zero-order valence-electron chi connectivity index (χ0n) is 19.8. The number of aromatic nitrogens is 1. The van der Waals surface area contributed by atoms with Crippen molar-refractivity contribution in [2.75, 3.05) is 0 Å². The SMILES string of the molecule is Cc1cccc([C@@H]2c3cccn3-c3sc4c(c3CN2C(=O)NCc2ccc(F)cc2)CCCC4)c1. The second-order valence-electron chi connectivity index (χ2n) is 9.53. The van der Waals surface area contributed by atoms with Gasteiger partial charge in [-0.25, -0.2) is 9.18 Å². The zero-order chi connectivity index (χ0) is 23.9. The molecule has 1 aliphatic carbocycles. The predicted octanol–water partition coefficient (Wildman–Crippen LogP) is 6.68. The molecule has 35 heavy (non-hydrogen) atoms. The maximum Gasteiger partial charge on any atom is 0.318 e. The number of nitrogens with zero attached hydrogens (tertiary/aromatic N) is 2. The van der Waals surface area contributed by atoms with E-state index in [2.05, 4.69) is 59.4 Å². The highest BCUT2D eigenvalue weighted by Crippen LogP contribution is 2.44. The van der Waals surface area contributed by atoms with Crippen molar-refractivity contribution < 1.29 is 9.18 Å². The Hall–Kier alpha value is -3.38. The monoisotopic (exact) mass is 485 g/mol. The second kappa shape index (κ2) is 9.00. The number of carbonyl (C=O) groups excluding carboxylic acids is 1. The van der Waals surface area contributed by atoms with E-state index < -0.39 is 0 Å². The van der Waals surface area contributed by atoms with Gasteiger partial charge in [-0.3, -0.25) is 0 Å². The molecule has 3 heterocycles. The lowest BCUT2D eigenvalue weighted by Gasteiger charge is -2.31. The molecule has 0 fully saturated rings. The van der Waals surface area contributed by atoms with Crippen LogP contribution in [0, 0.1) is 12.7 Å². The van der Waals surface area contributed by atoms with Crippen LogP contribution in [0.2, 0.25) is 0 Å². The summed E-state index contributed by atoms with van der Waals surface area (Å²) in [4.78, 5) is 17.3. The molecular weight excluding hydrogens is 457 g/mol. The highest BCUT2D eigenvalue weighted by molar-refractivity contribution is 7.15. The third-order valence-corrected chi connectivity index (χ3v) is 8.49. The Morgan fingerprint density at radius 1 is 1.06 bits per heavy atom. The van der Waals surface area contributed by atoms with Crippen molar-refractivity contribution in [3.63, 3.8) is 0 Å². The largest absolute Gasteiger partial charge is 0.334 e. The molecule has 6 rings (SSSR count). The van der Waals surface area contributed by atoms with Gasteiger partial charge in [0.15, 0.2) is 0 Å². The maximum absolute atomic E-state index is 13.8. The number of hydrogen-bond acceptors (Lipinski definition) is 2. The first-order chi connectivity index (χ1) is 17.1.